The predicted molar refractivity (Wildman–Crippen MR) is 68.9 cm³/mol. The molecule has 1 aromatic carbocycles. The van der Waals surface area contributed by atoms with Crippen LogP contribution in [-0.2, 0) is 6.42 Å². The highest BCUT2D eigenvalue weighted by atomic mass is 35.5. The molecule has 2 N–H and O–H groups in total. The van der Waals surface area contributed by atoms with Crippen molar-refractivity contribution in [3.63, 3.8) is 0 Å². The zero-order valence-corrected chi connectivity index (χ0v) is 11.1. The smallest absolute Gasteiger partial charge is 0.122 e. The molecule has 0 aliphatic heterocycles. The lowest BCUT2D eigenvalue weighted by molar-refractivity contribution is 0.395. The van der Waals surface area contributed by atoms with E-state index in [9.17, 15) is 0 Å². The van der Waals surface area contributed by atoms with E-state index in [4.69, 9.17) is 15.2 Å². The normalized spacial score (nSPS) is 11.6. The molecule has 0 spiro atoms. The van der Waals surface area contributed by atoms with Crippen LogP contribution in [0.25, 0.3) is 0 Å². The first-order chi connectivity index (χ1) is 7.08. The molecule has 1 atom stereocenters. The molecule has 0 aliphatic carbocycles. The SMILES string of the molecule is COc1cc(C[C@H](C)N)c(OC)cc1C.Cl. The summed E-state index contributed by atoms with van der Waals surface area (Å²) in [4.78, 5) is 0. The minimum atomic E-state index is 0. The summed E-state index contributed by atoms with van der Waals surface area (Å²) >= 11 is 0. The fourth-order valence-electron chi connectivity index (χ4n) is 1.62. The van der Waals surface area contributed by atoms with Crippen LogP contribution >= 0.6 is 12.4 Å². The maximum Gasteiger partial charge on any atom is 0.122 e. The topological polar surface area (TPSA) is 44.5 Å². The van der Waals surface area contributed by atoms with E-state index >= 15 is 0 Å². The minimum absolute atomic E-state index is 0. The van der Waals surface area contributed by atoms with Crippen LogP contribution in [0.2, 0.25) is 0 Å². The lowest BCUT2D eigenvalue weighted by atomic mass is 10.0. The monoisotopic (exact) mass is 245 g/mol. The number of ether oxygens (including phenoxy) is 2. The first-order valence-corrected chi connectivity index (χ1v) is 5.05. The largest absolute Gasteiger partial charge is 0.496 e. The number of methoxy groups -OCH3 is 2. The summed E-state index contributed by atoms with van der Waals surface area (Å²) in [5.74, 6) is 1.76. The third-order valence-electron chi connectivity index (χ3n) is 2.34. The molecule has 4 heteroatoms. The van der Waals surface area contributed by atoms with E-state index in [1.807, 2.05) is 26.0 Å². The zero-order chi connectivity index (χ0) is 11.4. The molecule has 0 saturated heterocycles. The van der Waals surface area contributed by atoms with Crippen LogP contribution in [-0.4, -0.2) is 20.3 Å². The third kappa shape index (κ3) is 3.58. The average Bonchev–Trinajstić information content (AvgIpc) is 2.19. The van der Waals surface area contributed by atoms with Gasteiger partial charge >= 0.3 is 0 Å². The van der Waals surface area contributed by atoms with Crippen molar-refractivity contribution in [2.45, 2.75) is 26.3 Å². The second-order valence-corrected chi connectivity index (χ2v) is 3.82. The van der Waals surface area contributed by atoms with E-state index in [1.54, 1.807) is 14.2 Å². The Bertz CT molecular complexity index is 340. The molecule has 0 bridgehead atoms. The molecule has 0 heterocycles. The Morgan fingerprint density at radius 2 is 1.75 bits per heavy atom. The van der Waals surface area contributed by atoms with Crippen LogP contribution in [0.4, 0.5) is 0 Å². The van der Waals surface area contributed by atoms with Crippen molar-refractivity contribution < 1.29 is 9.47 Å². The highest BCUT2D eigenvalue weighted by Crippen LogP contribution is 2.28. The molecular weight excluding hydrogens is 226 g/mol. The van der Waals surface area contributed by atoms with Gasteiger partial charge in [0.2, 0.25) is 0 Å². The van der Waals surface area contributed by atoms with Crippen LogP contribution in [0.3, 0.4) is 0 Å². The van der Waals surface area contributed by atoms with Gasteiger partial charge in [0.05, 0.1) is 14.2 Å². The molecule has 0 saturated carbocycles. The summed E-state index contributed by atoms with van der Waals surface area (Å²) in [6.45, 7) is 3.97. The summed E-state index contributed by atoms with van der Waals surface area (Å²) in [6.07, 6.45) is 0.791. The second-order valence-electron chi connectivity index (χ2n) is 3.82. The van der Waals surface area contributed by atoms with Gasteiger partial charge in [-0.3, -0.25) is 0 Å². The standard InChI is InChI=1S/C12H19NO2.ClH/c1-8-5-12(15-4)10(6-9(2)13)7-11(8)14-3;/h5,7,9H,6,13H2,1-4H3;1H/t9-;/m0./s1. The number of nitrogens with two attached hydrogens (primary N) is 1. The summed E-state index contributed by atoms with van der Waals surface area (Å²) in [6, 6.07) is 4.10. The first-order valence-electron chi connectivity index (χ1n) is 5.05. The van der Waals surface area contributed by atoms with Gasteiger partial charge in [0, 0.05) is 6.04 Å². The van der Waals surface area contributed by atoms with Gasteiger partial charge < -0.3 is 15.2 Å². The lowest BCUT2D eigenvalue weighted by Crippen LogP contribution is -2.18. The van der Waals surface area contributed by atoms with Crippen LogP contribution < -0.4 is 15.2 Å². The van der Waals surface area contributed by atoms with Crippen molar-refractivity contribution >= 4 is 12.4 Å². The number of hydrogen-bond donors (Lipinski definition) is 1. The number of aryl methyl sites for hydroxylation is 1. The van der Waals surface area contributed by atoms with E-state index in [0.717, 1.165) is 29.0 Å². The highest BCUT2D eigenvalue weighted by Gasteiger charge is 2.09. The van der Waals surface area contributed by atoms with Crippen molar-refractivity contribution in [3.05, 3.63) is 23.3 Å². The Morgan fingerprint density at radius 3 is 2.19 bits per heavy atom. The summed E-state index contributed by atoms with van der Waals surface area (Å²) in [5.41, 5.74) is 7.95. The van der Waals surface area contributed by atoms with Crippen LogP contribution in [0.5, 0.6) is 11.5 Å². The van der Waals surface area contributed by atoms with Crippen molar-refractivity contribution in [1.29, 1.82) is 0 Å². The summed E-state index contributed by atoms with van der Waals surface area (Å²) in [7, 11) is 3.34. The fourth-order valence-corrected chi connectivity index (χ4v) is 1.62. The maximum absolute atomic E-state index is 5.78. The number of rotatable bonds is 4. The van der Waals surface area contributed by atoms with Gasteiger partial charge in [0.1, 0.15) is 11.5 Å². The van der Waals surface area contributed by atoms with E-state index in [2.05, 4.69) is 0 Å². The Morgan fingerprint density at radius 1 is 1.19 bits per heavy atom. The van der Waals surface area contributed by atoms with E-state index in [-0.39, 0.29) is 18.4 Å². The molecule has 0 radical (unpaired) electrons. The van der Waals surface area contributed by atoms with Gasteiger partial charge in [-0.15, -0.1) is 12.4 Å². The molecule has 0 amide bonds. The van der Waals surface area contributed by atoms with Gasteiger partial charge in [-0.2, -0.15) is 0 Å². The van der Waals surface area contributed by atoms with E-state index < -0.39 is 0 Å². The van der Waals surface area contributed by atoms with Gasteiger partial charge in [0.25, 0.3) is 0 Å². The Balaban J connectivity index is 0.00000225. The molecule has 0 unspecified atom stereocenters. The fraction of sp³-hybridized carbons (Fsp3) is 0.500. The quantitative estimate of drug-likeness (QED) is 0.886. The van der Waals surface area contributed by atoms with Crippen molar-refractivity contribution in [2.24, 2.45) is 5.73 Å². The van der Waals surface area contributed by atoms with E-state index in [1.165, 1.54) is 0 Å². The van der Waals surface area contributed by atoms with Crippen molar-refractivity contribution in [2.75, 3.05) is 14.2 Å². The average molecular weight is 246 g/mol. The zero-order valence-electron chi connectivity index (χ0n) is 10.2. The Kier molecular flexibility index (Phi) is 6.22. The Labute approximate surface area is 103 Å². The van der Waals surface area contributed by atoms with Crippen molar-refractivity contribution in [1.82, 2.24) is 0 Å². The molecule has 16 heavy (non-hydrogen) atoms. The van der Waals surface area contributed by atoms with Gasteiger partial charge in [-0.1, -0.05) is 0 Å². The van der Waals surface area contributed by atoms with Gasteiger partial charge in [0.15, 0.2) is 0 Å². The molecule has 3 nitrogen and oxygen atoms in total. The van der Waals surface area contributed by atoms with Crippen molar-refractivity contribution in [3.8, 4) is 11.5 Å². The summed E-state index contributed by atoms with van der Waals surface area (Å²) < 4.78 is 10.6. The first kappa shape index (κ1) is 15.1. The molecule has 92 valence electrons. The minimum Gasteiger partial charge on any atom is -0.496 e. The van der Waals surface area contributed by atoms with Gasteiger partial charge in [-0.25, -0.2) is 0 Å². The molecule has 0 aliphatic rings. The summed E-state index contributed by atoms with van der Waals surface area (Å²) in [5, 5.41) is 0. The highest BCUT2D eigenvalue weighted by molar-refractivity contribution is 5.85. The lowest BCUT2D eigenvalue weighted by Gasteiger charge is -2.14. The Hall–Kier alpha value is -0.930. The van der Waals surface area contributed by atoms with Crippen LogP contribution in [0.1, 0.15) is 18.1 Å². The van der Waals surface area contributed by atoms with Gasteiger partial charge in [-0.05, 0) is 43.5 Å². The van der Waals surface area contributed by atoms with Crippen LogP contribution in [0.15, 0.2) is 12.1 Å². The second kappa shape index (κ2) is 6.61. The predicted octanol–water partition coefficient (Wildman–Crippen LogP) is 2.32. The maximum atomic E-state index is 5.78. The van der Waals surface area contributed by atoms with E-state index in [0.29, 0.717) is 0 Å². The number of hydrogen-bond acceptors (Lipinski definition) is 3. The molecular formula is C12H20ClNO2. The van der Waals surface area contributed by atoms with Crippen LogP contribution in [0, 0.1) is 6.92 Å². The molecule has 1 aromatic rings. The third-order valence-corrected chi connectivity index (χ3v) is 2.34. The molecule has 0 fully saturated rings. The molecule has 1 rings (SSSR count). The molecule has 0 aromatic heterocycles. The number of benzene rings is 1. The number of halogens is 1.